The molecule has 22 heavy (non-hydrogen) atoms. The maximum absolute atomic E-state index is 9.80. The molecule has 0 saturated carbocycles. The minimum Gasteiger partial charge on any atom is -0.496 e. The van der Waals surface area contributed by atoms with Gasteiger partial charge in [0, 0.05) is 11.1 Å². The predicted molar refractivity (Wildman–Crippen MR) is 95.3 cm³/mol. The van der Waals surface area contributed by atoms with Crippen molar-refractivity contribution in [2.75, 3.05) is 7.11 Å². The first-order chi connectivity index (χ1) is 10.3. The van der Waals surface area contributed by atoms with Gasteiger partial charge in [0.25, 0.3) is 0 Å². The first-order valence-electron chi connectivity index (χ1n) is 6.87. The number of aliphatic hydroxyl groups is 1. The zero-order valence-electron chi connectivity index (χ0n) is 12.6. The molecule has 0 spiro atoms. The average Bonchev–Trinajstić information content (AvgIpc) is 2.46. The van der Waals surface area contributed by atoms with Crippen molar-refractivity contribution >= 4 is 31.9 Å². The summed E-state index contributed by atoms with van der Waals surface area (Å²) in [5.41, 5.74) is 1.80. The van der Waals surface area contributed by atoms with Gasteiger partial charge in [0.1, 0.15) is 17.2 Å². The zero-order valence-corrected chi connectivity index (χ0v) is 15.8. The van der Waals surface area contributed by atoms with Crippen LogP contribution in [-0.4, -0.2) is 12.2 Å². The number of hydrogen-bond donors (Lipinski definition) is 1. The highest BCUT2D eigenvalue weighted by atomic mass is 79.9. The third-order valence-electron chi connectivity index (χ3n) is 3.26. The summed E-state index contributed by atoms with van der Waals surface area (Å²) < 4.78 is 10.0. The van der Waals surface area contributed by atoms with E-state index in [2.05, 4.69) is 45.7 Å². The van der Waals surface area contributed by atoms with Crippen LogP contribution in [0.2, 0.25) is 0 Å². The van der Waals surface area contributed by atoms with E-state index < -0.39 is 3.42 Å². The molecule has 0 saturated heterocycles. The molecule has 2 aromatic carbocycles. The number of methoxy groups -OCH3 is 1. The van der Waals surface area contributed by atoms with Crippen LogP contribution in [0, 0.1) is 0 Å². The SMILES string of the molecule is COc1ccc(Oc2ccc(C(O)(Br)Br)cc2)cc1C(C)C. The Morgan fingerprint density at radius 3 is 2.09 bits per heavy atom. The van der Waals surface area contributed by atoms with Crippen LogP contribution in [0.1, 0.15) is 30.9 Å². The molecule has 2 aromatic rings. The summed E-state index contributed by atoms with van der Waals surface area (Å²) in [4.78, 5) is 0. The molecular weight excluding hydrogens is 412 g/mol. The van der Waals surface area contributed by atoms with Gasteiger partial charge in [-0.25, -0.2) is 0 Å². The van der Waals surface area contributed by atoms with E-state index in [-0.39, 0.29) is 0 Å². The molecule has 2 rings (SSSR count). The normalized spacial score (nSPS) is 11.6. The second kappa shape index (κ2) is 7.02. The molecule has 0 aromatic heterocycles. The Morgan fingerprint density at radius 1 is 1.00 bits per heavy atom. The monoisotopic (exact) mass is 428 g/mol. The molecule has 0 bridgehead atoms. The summed E-state index contributed by atoms with van der Waals surface area (Å²) in [5.74, 6) is 2.66. The van der Waals surface area contributed by atoms with Crippen LogP contribution in [0.15, 0.2) is 42.5 Å². The summed E-state index contributed by atoms with van der Waals surface area (Å²) >= 11 is 6.27. The Labute approximate surface area is 147 Å². The molecule has 0 heterocycles. The quantitative estimate of drug-likeness (QED) is 0.637. The fourth-order valence-electron chi connectivity index (χ4n) is 2.09. The van der Waals surface area contributed by atoms with E-state index in [9.17, 15) is 5.11 Å². The molecule has 5 heteroatoms. The van der Waals surface area contributed by atoms with Crippen LogP contribution in [0.3, 0.4) is 0 Å². The van der Waals surface area contributed by atoms with Gasteiger partial charge in [-0.05, 0) is 68.1 Å². The highest BCUT2D eigenvalue weighted by molar-refractivity contribution is 9.24. The lowest BCUT2D eigenvalue weighted by atomic mass is 10.0. The summed E-state index contributed by atoms with van der Waals surface area (Å²) in [6.45, 7) is 4.23. The Balaban J connectivity index is 2.22. The third kappa shape index (κ3) is 4.24. The number of hydrogen-bond acceptors (Lipinski definition) is 3. The van der Waals surface area contributed by atoms with Crippen molar-refractivity contribution in [3.63, 3.8) is 0 Å². The maximum Gasteiger partial charge on any atom is 0.201 e. The number of alkyl halides is 2. The van der Waals surface area contributed by atoms with Gasteiger partial charge >= 0.3 is 0 Å². The number of benzene rings is 2. The number of ether oxygens (including phenoxy) is 2. The van der Waals surface area contributed by atoms with E-state index in [0.717, 1.165) is 17.1 Å². The molecule has 0 atom stereocenters. The van der Waals surface area contributed by atoms with Crippen molar-refractivity contribution in [1.29, 1.82) is 0 Å². The summed E-state index contributed by atoms with van der Waals surface area (Å²) in [5, 5.41) is 9.80. The van der Waals surface area contributed by atoms with E-state index in [1.54, 1.807) is 19.2 Å². The predicted octanol–water partition coefficient (Wildman–Crippen LogP) is 5.50. The van der Waals surface area contributed by atoms with E-state index >= 15 is 0 Å². The Kier molecular flexibility index (Phi) is 5.53. The molecule has 0 fully saturated rings. The summed E-state index contributed by atoms with van der Waals surface area (Å²) in [7, 11) is 1.67. The van der Waals surface area contributed by atoms with Gasteiger partial charge in [-0.3, -0.25) is 0 Å². The maximum atomic E-state index is 9.80. The van der Waals surface area contributed by atoms with Gasteiger partial charge in [-0.2, -0.15) is 0 Å². The molecule has 1 N–H and O–H groups in total. The minimum atomic E-state index is -1.22. The second-order valence-corrected chi connectivity index (χ2v) is 8.59. The lowest BCUT2D eigenvalue weighted by molar-refractivity contribution is 0.249. The number of rotatable bonds is 5. The Bertz CT molecular complexity index is 631. The highest BCUT2D eigenvalue weighted by Crippen LogP contribution is 2.36. The van der Waals surface area contributed by atoms with Gasteiger partial charge in [0.2, 0.25) is 3.42 Å². The molecule has 118 valence electrons. The first-order valence-corrected chi connectivity index (χ1v) is 8.46. The van der Waals surface area contributed by atoms with Crippen LogP contribution >= 0.6 is 31.9 Å². The fourth-order valence-corrected chi connectivity index (χ4v) is 2.62. The minimum absolute atomic E-state index is 0.345. The van der Waals surface area contributed by atoms with Crippen LogP contribution in [0.4, 0.5) is 0 Å². The van der Waals surface area contributed by atoms with Gasteiger partial charge in [0.15, 0.2) is 0 Å². The molecular formula is C17H18Br2O3. The van der Waals surface area contributed by atoms with E-state index in [4.69, 9.17) is 9.47 Å². The van der Waals surface area contributed by atoms with Crippen molar-refractivity contribution in [2.24, 2.45) is 0 Å². The van der Waals surface area contributed by atoms with Crippen molar-refractivity contribution in [1.82, 2.24) is 0 Å². The molecule has 3 nitrogen and oxygen atoms in total. The van der Waals surface area contributed by atoms with Crippen LogP contribution in [-0.2, 0) is 3.42 Å². The van der Waals surface area contributed by atoms with Gasteiger partial charge in [-0.1, -0.05) is 26.0 Å². The van der Waals surface area contributed by atoms with Crippen molar-refractivity contribution in [3.8, 4) is 17.2 Å². The lowest BCUT2D eigenvalue weighted by Crippen LogP contribution is -2.05. The topological polar surface area (TPSA) is 38.7 Å². The fraction of sp³-hybridized carbons (Fsp3) is 0.294. The van der Waals surface area contributed by atoms with E-state index in [1.807, 2.05) is 30.3 Å². The zero-order chi connectivity index (χ0) is 16.3. The van der Waals surface area contributed by atoms with Crippen LogP contribution < -0.4 is 9.47 Å². The third-order valence-corrected chi connectivity index (χ3v) is 4.18. The van der Waals surface area contributed by atoms with Crippen LogP contribution in [0.5, 0.6) is 17.2 Å². The Morgan fingerprint density at radius 2 is 1.59 bits per heavy atom. The Hall–Kier alpha value is -1.04. The average molecular weight is 430 g/mol. The molecule has 0 aliphatic heterocycles. The van der Waals surface area contributed by atoms with Crippen molar-refractivity contribution in [2.45, 2.75) is 23.2 Å². The molecule has 0 aliphatic carbocycles. The van der Waals surface area contributed by atoms with E-state index in [0.29, 0.717) is 17.2 Å². The molecule has 0 amide bonds. The van der Waals surface area contributed by atoms with E-state index in [1.165, 1.54) is 0 Å². The standard InChI is InChI=1S/C17H18Br2O3/c1-11(2)15-10-14(8-9-16(15)21-3)22-13-6-4-12(5-7-13)17(18,19)20/h4-11,20H,1-3H3. The number of halogens is 2. The smallest absolute Gasteiger partial charge is 0.201 e. The summed E-state index contributed by atoms with van der Waals surface area (Å²) in [6.07, 6.45) is 0. The summed E-state index contributed by atoms with van der Waals surface area (Å²) in [6, 6.07) is 13.0. The molecule has 0 unspecified atom stereocenters. The highest BCUT2D eigenvalue weighted by Gasteiger charge is 2.20. The van der Waals surface area contributed by atoms with Crippen molar-refractivity contribution in [3.05, 3.63) is 53.6 Å². The van der Waals surface area contributed by atoms with Crippen LogP contribution in [0.25, 0.3) is 0 Å². The van der Waals surface area contributed by atoms with Gasteiger partial charge in [0.05, 0.1) is 7.11 Å². The second-order valence-electron chi connectivity index (χ2n) is 5.23. The molecule has 0 aliphatic rings. The largest absolute Gasteiger partial charge is 0.496 e. The lowest BCUT2D eigenvalue weighted by Gasteiger charge is -2.15. The van der Waals surface area contributed by atoms with Crippen molar-refractivity contribution < 1.29 is 14.6 Å². The molecule has 0 radical (unpaired) electrons. The first kappa shape index (κ1) is 17.3. The van der Waals surface area contributed by atoms with Gasteiger partial charge < -0.3 is 14.6 Å². The van der Waals surface area contributed by atoms with Gasteiger partial charge in [-0.15, -0.1) is 0 Å².